The number of aryl methyl sites for hydroxylation is 1. The molecular weight excluding hydrogens is 437 g/mol. The fourth-order valence-corrected chi connectivity index (χ4v) is 4.55. The first-order chi connectivity index (χ1) is 16.1. The first-order valence-corrected chi connectivity index (χ1v) is 11.9. The summed E-state index contributed by atoms with van der Waals surface area (Å²) in [6.45, 7) is 4.58. The molecule has 0 N–H and O–H groups in total. The summed E-state index contributed by atoms with van der Waals surface area (Å²) in [4.78, 5) is 6.40. The van der Waals surface area contributed by atoms with E-state index in [2.05, 4.69) is 17.6 Å². The third kappa shape index (κ3) is 5.58. The first kappa shape index (κ1) is 22.9. The molecule has 5 nitrogen and oxygen atoms in total. The van der Waals surface area contributed by atoms with Gasteiger partial charge < -0.3 is 14.4 Å². The van der Waals surface area contributed by atoms with Crippen LogP contribution in [0.3, 0.4) is 0 Å². The minimum absolute atomic E-state index is 0.0839. The second-order valence-corrected chi connectivity index (χ2v) is 9.04. The van der Waals surface area contributed by atoms with E-state index in [0.717, 1.165) is 29.3 Å². The van der Waals surface area contributed by atoms with Crippen molar-refractivity contribution in [2.24, 2.45) is 16.8 Å². The highest BCUT2D eigenvalue weighted by molar-refractivity contribution is 8.14. The Bertz CT molecular complexity index is 1120. The van der Waals surface area contributed by atoms with E-state index in [9.17, 15) is 9.65 Å². The molecule has 1 unspecified atom stereocenters. The number of thioether (sulfide) groups is 1. The first-order valence-electron chi connectivity index (χ1n) is 10.9. The summed E-state index contributed by atoms with van der Waals surface area (Å²) in [5.74, 6) is 2.09. The Labute approximate surface area is 198 Å². The molecule has 170 valence electrons. The van der Waals surface area contributed by atoms with Gasteiger partial charge >= 0.3 is 0 Å². The Morgan fingerprint density at radius 3 is 2.82 bits per heavy atom. The van der Waals surface area contributed by atoms with Crippen molar-refractivity contribution in [2.75, 3.05) is 24.4 Å². The number of rotatable bonds is 9. The number of nitrogens with zero attached hydrogens (tertiary/aromatic N) is 3. The molecule has 1 fully saturated rings. The molecule has 4 rings (SSSR count). The summed E-state index contributed by atoms with van der Waals surface area (Å²) in [5.41, 5.74) is 2.30. The van der Waals surface area contributed by atoms with Gasteiger partial charge in [-0.1, -0.05) is 24.8 Å². The van der Waals surface area contributed by atoms with Gasteiger partial charge in [0.1, 0.15) is 17.5 Å². The molecule has 1 atom stereocenters. The lowest BCUT2D eigenvalue weighted by Crippen LogP contribution is -2.22. The van der Waals surface area contributed by atoms with Crippen LogP contribution in [0.2, 0.25) is 0 Å². The van der Waals surface area contributed by atoms with Crippen LogP contribution >= 0.6 is 11.8 Å². The summed E-state index contributed by atoms with van der Waals surface area (Å²) in [6, 6.07) is 14.8. The molecule has 0 bridgehead atoms. The molecule has 2 aromatic carbocycles. The SMILES string of the molecule is C=C1C(SCCc2ccccc2F)=NC=CN1c1ccc(OCC(C#N)C2CC2)c(OC)c1. The monoisotopic (exact) mass is 463 g/mol. The van der Waals surface area contributed by atoms with Gasteiger partial charge in [0.05, 0.1) is 24.8 Å². The minimum Gasteiger partial charge on any atom is -0.493 e. The van der Waals surface area contributed by atoms with Gasteiger partial charge in [-0.25, -0.2) is 9.38 Å². The highest BCUT2D eigenvalue weighted by Crippen LogP contribution is 2.39. The van der Waals surface area contributed by atoms with Crippen LogP contribution < -0.4 is 14.4 Å². The molecule has 0 aromatic heterocycles. The summed E-state index contributed by atoms with van der Waals surface area (Å²) in [5, 5.41) is 10.1. The van der Waals surface area contributed by atoms with E-state index in [1.807, 2.05) is 35.4 Å². The van der Waals surface area contributed by atoms with Gasteiger partial charge in [0.25, 0.3) is 0 Å². The van der Waals surface area contributed by atoms with E-state index in [0.29, 0.717) is 41.8 Å². The second kappa shape index (κ2) is 10.6. The van der Waals surface area contributed by atoms with E-state index in [-0.39, 0.29) is 11.7 Å². The lowest BCUT2D eigenvalue weighted by atomic mass is 10.1. The van der Waals surface area contributed by atoms with Crippen molar-refractivity contribution in [3.05, 3.63) is 78.5 Å². The standard InChI is InChI=1S/C26H26FN3O2S/c1-18-26(33-14-11-20-5-3-4-6-23(20)27)29-12-13-30(18)22-9-10-24(25(15-22)31-2)32-17-21(16-28)19-7-8-19/h3-6,9-10,12-13,15,19,21H,1,7-8,11,14,17H2,2H3. The fourth-order valence-electron chi connectivity index (χ4n) is 3.64. The van der Waals surface area contributed by atoms with Gasteiger partial charge in [-0.15, -0.1) is 11.8 Å². The number of halogens is 1. The number of ether oxygens (including phenoxy) is 2. The maximum atomic E-state index is 13.9. The number of nitriles is 1. The van der Waals surface area contributed by atoms with Crippen LogP contribution in [0.25, 0.3) is 0 Å². The second-order valence-electron chi connectivity index (χ2n) is 7.96. The molecule has 2 aliphatic rings. The molecule has 33 heavy (non-hydrogen) atoms. The van der Waals surface area contributed by atoms with Gasteiger partial charge in [-0.2, -0.15) is 5.26 Å². The molecule has 1 heterocycles. The maximum absolute atomic E-state index is 13.9. The van der Waals surface area contributed by atoms with Gasteiger partial charge in [-0.05, 0) is 48.9 Å². The van der Waals surface area contributed by atoms with Crippen LogP contribution in [0.15, 0.2) is 72.1 Å². The van der Waals surface area contributed by atoms with Crippen molar-refractivity contribution in [3.63, 3.8) is 0 Å². The van der Waals surface area contributed by atoms with Gasteiger partial charge in [0.2, 0.25) is 0 Å². The zero-order chi connectivity index (χ0) is 23.2. The van der Waals surface area contributed by atoms with E-state index in [1.54, 1.807) is 37.2 Å². The zero-order valence-corrected chi connectivity index (χ0v) is 19.4. The van der Waals surface area contributed by atoms with E-state index in [1.165, 1.54) is 6.07 Å². The Morgan fingerprint density at radius 1 is 1.27 bits per heavy atom. The van der Waals surface area contributed by atoms with Crippen LogP contribution in [0.5, 0.6) is 11.5 Å². The normalized spacial score (nSPS) is 16.2. The summed E-state index contributed by atoms with van der Waals surface area (Å²) >= 11 is 1.55. The lowest BCUT2D eigenvalue weighted by molar-refractivity contribution is 0.252. The largest absolute Gasteiger partial charge is 0.493 e. The number of hydrogen-bond acceptors (Lipinski definition) is 6. The van der Waals surface area contributed by atoms with Crippen LogP contribution in [0, 0.1) is 29.0 Å². The highest BCUT2D eigenvalue weighted by Gasteiger charge is 2.32. The summed E-state index contributed by atoms with van der Waals surface area (Å²) in [6.07, 6.45) is 6.38. The Hall–Kier alpha value is -3.24. The van der Waals surface area contributed by atoms with Crippen molar-refractivity contribution in [2.45, 2.75) is 19.3 Å². The highest BCUT2D eigenvalue weighted by atomic mass is 32.2. The number of hydrogen-bond donors (Lipinski definition) is 0. The number of benzene rings is 2. The maximum Gasteiger partial charge on any atom is 0.162 e. The lowest BCUT2D eigenvalue weighted by Gasteiger charge is -2.26. The molecule has 1 aliphatic carbocycles. The van der Waals surface area contributed by atoms with E-state index in [4.69, 9.17) is 9.47 Å². The average Bonchev–Trinajstić information content (AvgIpc) is 3.67. The average molecular weight is 464 g/mol. The van der Waals surface area contributed by atoms with Crippen molar-refractivity contribution >= 4 is 22.5 Å². The quantitative estimate of drug-likeness (QED) is 0.460. The molecule has 0 spiro atoms. The van der Waals surface area contributed by atoms with Crippen molar-refractivity contribution in [1.82, 2.24) is 0 Å². The van der Waals surface area contributed by atoms with E-state index < -0.39 is 0 Å². The Morgan fingerprint density at radius 2 is 2.09 bits per heavy atom. The minimum atomic E-state index is -0.184. The number of methoxy groups -OCH3 is 1. The van der Waals surface area contributed by atoms with Crippen LogP contribution in [0.1, 0.15) is 18.4 Å². The third-order valence-electron chi connectivity index (χ3n) is 5.71. The molecular formula is C26H26FN3O2S. The molecule has 1 saturated carbocycles. The van der Waals surface area contributed by atoms with Crippen molar-refractivity contribution in [3.8, 4) is 17.6 Å². The topological polar surface area (TPSA) is 57.8 Å². The van der Waals surface area contributed by atoms with Crippen LogP contribution in [-0.2, 0) is 6.42 Å². The molecule has 7 heteroatoms. The molecule has 0 saturated heterocycles. The molecule has 0 amide bonds. The predicted octanol–water partition coefficient (Wildman–Crippen LogP) is 5.94. The third-order valence-corrected chi connectivity index (χ3v) is 6.74. The summed E-state index contributed by atoms with van der Waals surface area (Å²) in [7, 11) is 1.60. The van der Waals surface area contributed by atoms with Gasteiger partial charge in [0.15, 0.2) is 11.5 Å². The smallest absolute Gasteiger partial charge is 0.162 e. The zero-order valence-electron chi connectivity index (χ0n) is 18.5. The van der Waals surface area contributed by atoms with Crippen molar-refractivity contribution < 1.29 is 13.9 Å². The number of aliphatic imine (C=N–C) groups is 1. The Balaban J connectivity index is 1.39. The van der Waals surface area contributed by atoms with Crippen LogP contribution in [0.4, 0.5) is 10.1 Å². The van der Waals surface area contributed by atoms with Crippen LogP contribution in [-0.4, -0.2) is 24.5 Å². The fraction of sp³-hybridized carbons (Fsp3) is 0.308. The molecule has 2 aromatic rings. The Kier molecular flexibility index (Phi) is 7.36. The summed E-state index contributed by atoms with van der Waals surface area (Å²) < 4.78 is 25.3. The molecule has 1 aliphatic heterocycles. The molecule has 0 radical (unpaired) electrons. The predicted molar refractivity (Wildman–Crippen MR) is 131 cm³/mol. The van der Waals surface area contributed by atoms with Gasteiger partial charge in [-0.3, -0.25) is 0 Å². The van der Waals surface area contributed by atoms with Gasteiger partial charge in [0, 0.05) is 29.9 Å². The van der Waals surface area contributed by atoms with Crippen molar-refractivity contribution in [1.29, 1.82) is 5.26 Å². The number of anilines is 1. The van der Waals surface area contributed by atoms with E-state index >= 15 is 0 Å².